The van der Waals surface area contributed by atoms with Crippen molar-refractivity contribution >= 4 is 28.6 Å². The zero-order valence-electron chi connectivity index (χ0n) is 23.7. The number of hydrogen-bond donors (Lipinski definition) is 0. The van der Waals surface area contributed by atoms with Crippen molar-refractivity contribution in [3.8, 4) is 0 Å². The molecule has 0 radical (unpaired) electrons. The van der Waals surface area contributed by atoms with E-state index in [1.807, 2.05) is 26.2 Å². The van der Waals surface area contributed by atoms with Gasteiger partial charge in [-0.05, 0) is 36.3 Å². The maximum atomic E-state index is 11.9. The van der Waals surface area contributed by atoms with Crippen LogP contribution in [0.3, 0.4) is 0 Å². The highest BCUT2D eigenvalue weighted by Crippen LogP contribution is 2.37. The van der Waals surface area contributed by atoms with Crippen LogP contribution >= 0.6 is 0 Å². The van der Waals surface area contributed by atoms with E-state index in [0.717, 1.165) is 0 Å². The second-order valence-electron chi connectivity index (χ2n) is 11.4. The summed E-state index contributed by atoms with van der Waals surface area (Å²) >= 11 is 0. The molecule has 0 unspecified atom stereocenters. The van der Waals surface area contributed by atoms with E-state index in [1.165, 1.54) is 0 Å². The van der Waals surface area contributed by atoms with Crippen LogP contribution in [0.2, 0.25) is 36.3 Å². The fourth-order valence-corrected chi connectivity index (χ4v) is 3.89. The maximum Gasteiger partial charge on any atom is 0.318 e. The van der Waals surface area contributed by atoms with Crippen LogP contribution in [-0.2, 0) is 42.1 Å². The van der Waals surface area contributed by atoms with Gasteiger partial charge in [-0.3, -0.25) is 9.59 Å². The average Bonchev–Trinajstić information content (AvgIpc) is 2.68. The zero-order chi connectivity index (χ0) is 27.2. The molecule has 0 rings (SSSR count). The Bertz CT molecular complexity index is 559. The topological polar surface area (TPSA) is 98.8 Å². The molecule has 0 aromatic rings. The third-order valence-electron chi connectivity index (χ3n) is 6.28. The van der Waals surface area contributed by atoms with E-state index in [0.29, 0.717) is 52.9 Å². The molecule has 0 bridgehead atoms. The third kappa shape index (κ3) is 15.8. The van der Waals surface area contributed by atoms with Gasteiger partial charge in [-0.2, -0.15) is 0 Å². The standard InChI is InChI=1S/C24H50O9Si2/c1-23(2,3)34(7,8)32-21(25)19-30-17-15-28-13-11-27-12-14-29-16-18-31-20-22(26)33-35(9,10)24(4,5)6/h11-20H2,1-10H3. The van der Waals surface area contributed by atoms with Crippen molar-refractivity contribution in [2.45, 2.75) is 77.8 Å². The Hall–Kier alpha value is -0.826. The predicted octanol–water partition coefficient (Wildman–Crippen LogP) is 4.17. The van der Waals surface area contributed by atoms with Crippen LogP contribution < -0.4 is 0 Å². The molecule has 0 fully saturated rings. The minimum atomic E-state index is -2.11. The van der Waals surface area contributed by atoms with Gasteiger partial charge in [0.1, 0.15) is 13.2 Å². The lowest BCUT2D eigenvalue weighted by Crippen LogP contribution is -2.43. The van der Waals surface area contributed by atoms with E-state index in [4.69, 9.17) is 32.5 Å². The van der Waals surface area contributed by atoms with E-state index < -0.39 is 16.6 Å². The average molecular weight is 539 g/mol. The van der Waals surface area contributed by atoms with Crippen molar-refractivity contribution in [1.29, 1.82) is 0 Å². The second-order valence-corrected chi connectivity index (χ2v) is 20.9. The highest BCUT2D eigenvalue weighted by molar-refractivity contribution is 6.75. The Morgan fingerprint density at radius 2 is 0.714 bits per heavy atom. The summed E-state index contributed by atoms with van der Waals surface area (Å²) in [5, 5.41) is -0.0456. The van der Waals surface area contributed by atoms with Crippen molar-refractivity contribution in [3.05, 3.63) is 0 Å². The molecule has 208 valence electrons. The lowest BCUT2D eigenvalue weighted by molar-refractivity contribution is -0.142. The van der Waals surface area contributed by atoms with E-state index >= 15 is 0 Å². The SMILES string of the molecule is CC(C)(C)[Si](C)(C)OC(=O)COCCOCCOCCOCCOCC(=O)O[Si](C)(C)C(C)(C)C. The first-order valence-electron chi connectivity index (χ1n) is 12.3. The van der Waals surface area contributed by atoms with Gasteiger partial charge >= 0.3 is 11.9 Å². The smallest absolute Gasteiger partial charge is 0.318 e. The quantitative estimate of drug-likeness (QED) is 0.188. The number of carbonyl (C=O) groups is 2. The van der Waals surface area contributed by atoms with E-state index in [9.17, 15) is 9.59 Å². The summed E-state index contributed by atoms with van der Waals surface area (Å²) in [7, 11) is -4.21. The van der Waals surface area contributed by atoms with Gasteiger partial charge in [0.15, 0.2) is 0 Å². The molecule has 0 N–H and O–H groups in total. The molecule has 0 aliphatic rings. The van der Waals surface area contributed by atoms with Gasteiger partial charge < -0.3 is 32.5 Å². The molecule has 0 saturated carbocycles. The summed E-state index contributed by atoms with van der Waals surface area (Å²) in [6.45, 7) is 23.6. The van der Waals surface area contributed by atoms with Gasteiger partial charge in [-0.15, -0.1) is 0 Å². The van der Waals surface area contributed by atoms with Gasteiger partial charge in [-0.25, -0.2) is 0 Å². The molecule has 35 heavy (non-hydrogen) atoms. The van der Waals surface area contributed by atoms with Crippen LogP contribution in [0.5, 0.6) is 0 Å². The van der Waals surface area contributed by atoms with Crippen molar-refractivity contribution in [2.24, 2.45) is 0 Å². The molecule has 0 aromatic carbocycles. The van der Waals surface area contributed by atoms with E-state index in [2.05, 4.69) is 41.5 Å². The fourth-order valence-electron chi connectivity index (χ4n) is 2.02. The van der Waals surface area contributed by atoms with Crippen molar-refractivity contribution in [1.82, 2.24) is 0 Å². The van der Waals surface area contributed by atoms with Crippen LogP contribution in [0.1, 0.15) is 41.5 Å². The first kappa shape index (κ1) is 34.2. The Kier molecular flexibility index (Phi) is 15.7. The molecular formula is C24H50O9Si2. The first-order chi connectivity index (χ1) is 16.0. The summed E-state index contributed by atoms with van der Waals surface area (Å²) in [5.41, 5.74) is 0. The largest absolute Gasteiger partial charge is 0.517 e. The Morgan fingerprint density at radius 3 is 0.943 bits per heavy atom. The Morgan fingerprint density at radius 1 is 0.486 bits per heavy atom. The second kappa shape index (κ2) is 16.1. The third-order valence-corrected chi connectivity index (χ3v) is 15.0. The van der Waals surface area contributed by atoms with E-state index in [-0.39, 0.29) is 35.2 Å². The van der Waals surface area contributed by atoms with Gasteiger partial charge in [0, 0.05) is 0 Å². The van der Waals surface area contributed by atoms with Crippen LogP contribution in [0.4, 0.5) is 0 Å². The van der Waals surface area contributed by atoms with Crippen molar-refractivity contribution in [3.63, 3.8) is 0 Å². The monoisotopic (exact) mass is 538 g/mol. The summed E-state index contributed by atoms with van der Waals surface area (Å²) in [4.78, 5) is 23.8. The highest BCUT2D eigenvalue weighted by atomic mass is 28.4. The van der Waals surface area contributed by atoms with Crippen LogP contribution in [0, 0.1) is 0 Å². The lowest BCUT2D eigenvalue weighted by atomic mass is 10.2. The molecule has 9 nitrogen and oxygen atoms in total. The molecule has 0 aliphatic carbocycles. The van der Waals surface area contributed by atoms with Gasteiger partial charge in [-0.1, -0.05) is 41.5 Å². The van der Waals surface area contributed by atoms with Crippen molar-refractivity contribution < 1.29 is 42.1 Å². The van der Waals surface area contributed by atoms with Crippen LogP contribution in [-0.4, -0.2) is 94.6 Å². The predicted molar refractivity (Wildman–Crippen MR) is 141 cm³/mol. The van der Waals surface area contributed by atoms with Crippen LogP contribution in [0.25, 0.3) is 0 Å². The molecule has 0 spiro atoms. The molecule has 0 aromatic heterocycles. The number of hydrogen-bond acceptors (Lipinski definition) is 9. The Balaban J connectivity index is 3.53. The molecule has 0 heterocycles. The summed E-state index contributed by atoms with van der Waals surface area (Å²) in [5.74, 6) is -0.646. The highest BCUT2D eigenvalue weighted by Gasteiger charge is 2.41. The molecule has 0 aliphatic heterocycles. The normalized spacial score (nSPS) is 13.1. The minimum absolute atomic E-state index is 0.0228. The maximum absolute atomic E-state index is 11.9. The molecule has 11 heteroatoms. The first-order valence-corrected chi connectivity index (χ1v) is 18.1. The number of carbonyl (C=O) groups excluding carboxylic acids is 2. The van der Waals surface area contributed by atoms with Gasteiger partial charge in [0.25, 0.3) is 16.6 Å². The minimum Gasteiger partial charge on any atom is -0.517 e. The zero-order valence-corrected chi connectivity index (χ0v) is 25.7. The van der Waals surface area contributed by atoms with Gasteiger partial charge in [0.05, 0.1) is 52.9 Å². The number of rotatable bonds is 18. The number of ether oxygens (including phenoxy) is 5. The van der Waals surface area contributed by atoms with Gasteiger partial charge in [0.2, 0.25) is 0 Å². The Labute approximate surface area is 214 Å². The lowest BCUT2D eigenvalue weighted by Gasteiger charge is -2.35. The van der Waals surface area contributed by atoms with E-state index in [1.54, 1.807) is 0 Å². The summed E-state index contributed by atoms with van der Waals surface area (Å²) in [6.07, 6.45) is 0. The molecule has 0 atom stereocenters. The molecular weight excluding hydrogens is 488 g/mol. The fraction of sp³-hybridized carbons (Fsp3) is 0.917. The molecule has 0 saturated heterocycles. The van der Waals surface area contributed by atoms with Crippen molar-refractivity contribution in [2.75, 3.05) is 66.1 Å². The summed E-state index contributed by atoms with van der Waals surface area (Å²) < 4.78 is 38.2. The summed E-state index contributed by atoms with van der Waals surface area (Å²) in [6, 6.07) is 0. The van der Waals surface area contributed by atoms with Crippen LogP contribution in [0.15, 0.2) is 0 Å². The molecule has 0 amide bonds.